The Morgan fingerprint density at radius 2 is 1.94 bits per heavy atom. The molecule has 0 atom stereocenters. The summed E-state index contributed by atoms with van der Waals surface area (Å²) in [7, 11) is 0. The van der Waals surface area contributed by atoms with E-state index in [4.69, 9.17) is 4.74 Å². The predicted octanol–water partition coefficient (Wildman–Crippen LogP) is 2.15. The van der Waals surface area contributed by atoms with E-state index in [0.717, 1.165) is 18.2 Å². The van der Waals surface area contributed by atoms with E-state index in [1.807, 2.05) is 0 Å². The molecule has 0 bridgehead atoms. The van der Waals surface area contributed by atoms with Crippen LogP contribution in [0.5, 0.6) is 5.75 Å². The standard InChI is InChI=1S/C12H11FO4/c1-2-9(14)7-11(15)12(16)17-10-5-3-8(13)4-6-10/h3-7,15H,2H2,1H3. The summed E-state index contributed by atoms with van der Waals surface area (Å²) in [4.78, 5) is 22.2. The van der Waals surface area contributed by atoms with Crippen LogP contribution >= 0.6 is 0 Å². The van der Waals surface area contributed by atoms with Gasteiger partial charge in [-0.3, -0.25) is 4.79 Å². The quantitative estimate of drug-likeness (QED) is 0.378. The van der Waals surface area contributed by atoms with E-state index < -0.39 is 23.3 Å². The van der Waals surface area contributed by atoms with E-state index in [1.54, 1.807) is 6.92 Å². The number of carbonyl (C=O) groups excluding carboxylic acids is 2. The van der Waals surface area contributed by atoms with Crippen molar-refractivity contribution in [2.24, 2.45) is 0 Å². The first kappa shape index (κ1) is 12.9. The lowest BCUT2D eigenvalue weighted by molar-refractivity contribution is -0.133. The zero-order chi connectivity index (χ0) is 12.8. The SMILES string of the molecule is CCC(=O)C=C(O)C(=O)Oc1ccc(F)cc1. The van der Waals surface area contributed by atoms with Crippen LogP contribution in [0.1, 0.15) is 13.3 Å². The zero-order valence-electron chi connectivity index (χ0n) is 9.14. The van der Waals surface area contributed by atoms with Crippen LogP contribution in [-0.2, 0) is 9.59 Å². The number of aliphatic hydroxyl groups is 1. The third-order valence-corrected chi connectivity index (χ3v) is 1.88. The molecule has 0 aliphatic heterocycles. The van der Waals surface area contributed by atoms with E-state index >= 15 is 0 Å². The number of ketones is 1. The van der Waals surface area contributed by atoms with Crippen molar-refractivity contribution in [1.82, 2.24) is 0 Å². The predicted molar refractivity (Wildman–Crippen MR) is 58.0 cm³/mol. The number of aliphatic hydroxyl groups excluding tert-OH is 1. The second-order valence-electron chi connectivity index (χ2n) is 3.19. The Morgan fingerprint density at radius 3 is 2.47 bits per heavy atom. The summed E-state index contributed by atoms with van der Waals surface area (Å²) in [5.41, 5.74) is 0. The lowest BCUT2D eigenvalue weighted by atomic mass is 10.2. The molecule has 1 rings (SSSR count). The van der Waals surface area contributed by atoms with E-state index in [-0.39, 0.29) is 12.2 Å². The number of ether oxygens (including phenoxy) is 1. The van der Waals surface area contributed by atoms with Gasteiger partial charge in [0.25, 0.3) is 0 Å². The number of rotatable bonds is 4. The highest BCUT2D eigenvalue weighted by atomic mass is 19.1. The van der Waals surface area contributed by atoms with Crippen molar-refractivity contribution in [2.45, 2.75) is 13.3 Å². The van der Waals surface area contributed by atoms with Gasteiger partial charge in [-0.25, -0.2) is 9.18 Å². The number of hydrogen-bond acceptors (Lipinski definition) is 4. The summed E-state index contributed by atoms with van der Waals surface area (Å²) in [5.74, 6) is -2.61. The molecule has 0 spiro atoms. The Hall–Kier alpha value is -2.17. The van der Waals surface area contributed by atoms with Crippen molar-refractivity contribution in [3.63, 3.8) is 0 Å². The maximum absolute atomic E-state index is 12.6. The van der Waals surface area contributed by atoms with Crippen molar-refractivity contribution in [3.8, 4) is 5.75 Å². The van der Waals surface area contributed by atoms with Crippen molar-refractivity contribution >= 4 is 11.8 Å². The number of benzene rings is 1. The fourth-order valence-corrected chi connectivity index (χ4v) is 0.975. The molecule has 0 fully saturated rings. The van der Waals surface area contributed by atoms with E-state index in [2.05, 4.69) is 0 Å². The van der Waals surface area contributed by atoms with Crippen LogP contribution in [0.3, 0.4) is 0 Å². The molecule has 0 aromatic heterocycles. The number of carbonyl (C=O) groups is 2. The minimum absolute atomic E-state index is 0.0836. The smallest absolute Gasteiger partial charge is 0.378 e. The molecule has 1 N–H and O–H groups in total. The van der Waals surface area contributed by atoms with Crippen molar-refractivity contribution in [1.29, 1.82) is 0 Å². The summed E-state index contributed by atoms with van der Waals surface area (Å²) in [6.07, 6.45) is 0.972. The molecule has 1 aromatic carbocycles. The van der Waals surface area contributed by atoms with Gasteiger partial charge in [0.05, 0.1) is 0 Å². The molecule has 17 heavy (non-hydrogen) atoms. The Bertz CT molecular complexity index is 448. The molecule has 0 aliphatic rings. The average Bonchev–Trinajstić information content (AvgIpc) is 2.31. The largest absolute Gasteiger partial charge is 0.502 e. The van der Waals surface area contributed by atoms with Crippen LogP contribution in [0.2, 0.25) is 0 Å². The van der Waals surface area contributed by atoms with Gasteiger partial charge in [-0.1, -0.05) is 6.92 Å². The van der Waals surface area contributed by atoms with E-state index in [0.29, 0.717) is 0 Å². The first-order chi connectivity index (χ1) is 8.02. The summed E-state index contributed by atoms with van der Waals surface area (Å²) in [5, 5.41) is 9.23. The minimum Gasteiger partial charge on any atom is -0.502 e. The fourth-order valence-electron chi connectivity index (χ4n) is 0.975. The molecule has 4 nitrogen and oxygen atoms in total. The normalized spacial score (nSPS) is 11.1. The summed E-state index contributed by atoms with van der Waals surface area (Å²) in [6, 6.07) is 4.70. The third kappa shape index (κ3) is 4.06. The lowest BCUT2D eigenvalue weighted by Crippen LogP contribution is -2.12. The van der Waals surface area contributed by atoms with Crippen LogP contribution in [0.25, 0.3) is 0 Å². The van der Waals surface area contributed by atoms with Crippen molar-refractivity contribution < 1.29 is 23.8 Å². The molecule has 0 saturated heterocycles. The monoisotopic (exact) mass is 238 g/mol. The highest BCUT2D eigenvalue weighted by Gasteiger charge is 2.12. The Morgan fingerprint density at radius 1 is 1.35 bits per heavy atom. The molecule has 1 aromatic rings. The fraction of sp³-hybridized carbons (Fsp3) is 0.167. The zero-order valence-corrected chi connectivity index (χ0v) is 9.14. The third-order valence-electron chi connectivity index (χ3n) is 1.88. The van der Waals surface area contributed by atoms with Crippen LogP contribution < -0.4 is 4.74 Å². The molecule has 0 heterocycles. The number of halogens is 1. The number of esters is 1. The molecular formula is C12H11FO4. The lowest BCUT2D eigenvalue weighted by Gasteiger charge is -2.02. The maximum Gasteiger partial charge on any atom is 0.378 e. The number of hydrogen-bond donors (Lipinski definition) is 1. The van der Waals surface area contributed by atoms with Gasteiger partial charge in [-0.05, 0) is 24.3 Å². The Balaban J connectivity index is 2.69. The topological polar surface area (TPSA) is 63.6 Å². The van der Waals surface area contributed by atoms with Crippen LogP contribution in [0, 0.1) is 5.82 Å². The van der Waals surface area contributed by atoms with Gasteiger partial charge in [0.2, 0.25) is 5.76 Å². The second-order valence-corrected chi connectivity index (χ2v) is 3.19. The average molecular weight is 238 g/mol. The molecule has 0 amide bonds. The molecule has 0 aliphatic carbocycles. The molecule has 0 unspecified atom stereocenters. The van der Waals surface area contributed by atoms with Crippen LogP contribution in [-0.4, -0.2) is 16.9 Å². The minimum atomic E-state index is -1.06. The first-order valence-electron chi connectivity index (χ1n) is 4.94. The van der Waals surface area contributed by atoms with Gasteiger partial charge in [0.15, 0.2) is 5.78 Å². The van der Waals surface area contributed by atoms with Gasteiger partial charge in [-0.2, -0.15) is 0 Å². The van der Waals surface area contributed by atoms with Crippen molar-refractivity contribution in [2.75, 3.05) is 0 Å². The van der Waals surface area contributed by atoms with Gasteiger partial charge in [-0.15, -0.1) is 0 Å². The Labute approximate surface area is 97.3 Å². The van der Waals surface area contributed by atoms with Crippen molar-refractivity contribution in [3.05, 3.63) is 41.9 Å². The molecule has 5 heteroatoms. The summed E-state index contributed by atoms with van der Waals surface area (Å²) in [6.45, 7) is 1.59. The highest BCUT2D eigenvalue weighted by molar-refractivity contribution is 5.98. The van der Waals surface area contributed by atoms with Gasteiger partial charge < -0.3 is 9.84 Å². The maximum atomic E-state index is 12.6. The molecule has 90 valence electrons. The van der Waals surface area contributed by atoms with Gasteiger partial charge in [0.1, 0.15) is 11.6 Å². The Kier molecular flexibility index (Phi) is 4.39. The number of allylic oxidation sites excluding steroid dienone is 1. The molecule has 0 radical (unpaired) electrons. The molecular weight excluding hydrogens is 227 g/mol. The highest BCUT2D eigenvalue weighted by Crippen LogP contribution is 2.12. The van der Waals surface area contributed by atoms with E-state index in [1.165, 1.54) is 12.1 Å². The van der Waals surface area contributed by atoms with Crippen LogP contribution in [0.4, 0.5) is 4.39 Å². The van der Waals surface area contributed by atoms with Gasteiger partial charge in [0, 0.05) is 12.5 Å². The van der Waals surface area contributed by atoms with Crippen LogP contribution in [0.15, 0.2) is 36.1 Å². The van der Waals surface area contributed by atoms with Gasteiger partial charge >= 0.3 is 5.97 Å². The second kappa shape index (κ2) is 5.79. The summed E-state index contributed by atoms with van der Waals surface area (Å²) >= 11 is 0. The summed E-state index contributed by atoms with van der Waals surface area (Å²) < 4.78 is 17.3. The molecule has 0 saturated carbocycles. The van der Waals surface area contributed by atoms with E-state index in [9.17, 15) is 19.1 Å². The first-order valence-corrected chi connectivity index (χ1v) is 4.94.